The molecule has 0 saturated carbocycles. The van der Waals surface area contributed by atoms with Crippen molar-refractivity contribution in [3.8, 4) is 0 Å². The molecule has 0 radical (unpaired) electrons. The number of amides is 1. The highest BCUT2D eigenvalue weighted by atomic mass is 35.5. The Kier molecular flexibility index (Phi) is 8.96. The summed E-state index contributed by atoms with van der Waals surface area (Å²) in [5.41, 5.74) is 2.98. The zero-order valence-electron chi connectivity index (χ0n) is 17.6. The van der Waals surface area contributed by atoms with Crippen molar-refractivity contribution in [2.24, 2.45) is 0 Å². The number of ether oxygens (including phenoxy) is 1. The Morgan fingerprint density at radius 2 is 1.90 bits per heavy atom. The molecule has 31 heavy (non-hydrogen) atoms. The van der Waals surface area contributed by atoms with Crippen LogP contribution in [0.1, 0.15) is 67.4 Å². The van der Waals surface area contributed by atoms with Gasteiger partial charge in [0.1, 0.15) is 0 Å². The summed E-state index contributed by atoms with van der Waals surface area (Å²) in [4.78, 5) is 28.7. The minimum Gasteiger partial charge on any atom is -0.381 e. The molecule has 2 aliphatic heterocycles. The molecule has 9 nitrogen and oxygen atoms in total. The van der Waals surface area contributed by atoms with E-state index in [0.717, 1.165) is 12.1 Å². The van der Waals surface area contributed by atoms with Crippen LogP contribution in [0.15, 0.2) is 18.3 Å². The van der Waals surface area contributed by atoms with Gasteiger partial charge in [0.15, 0.2) is 10.5 Å². The lowest BCUT2D eigenvalue weighted by molar-refractivity contribution is -0.134. The first-order valence-electron chi connectivity index (χ1n) is 10.4. The van der Waals surface area contributed by atoms with E-state index in [0.29, 0.717) is 24.8 Å². The molecule has 0 bridgehead atoms. The van der Waals surface area contributed by atoms with Crippen LogP contribution in [-0.4, -0.2) is 65.7 Å². The molecular formula is C20H30ClN3O6S. The summed E-state index contributed by atoms with van der Waals surface area (Å²) >= 11 is 0. The Labute approximate surface area is 189 Å². The number of sulfonamides is 1. The predicted octanol–water partition coefficient (Wildman–Crippen LogP) is 2.05. The van der Waals surface area contributed by atoms with Crippen LogP contribution in [0.2, 0.25) is 0 Å². The summed E-state index contributed by atoms with van der Waals surface area (Å²) in [7, 11) is -3.97. The Morgan fingerprint density at radius 3 is 2.42 bits per heavy atom. The number of ketones is 1. The van der Waals surface area contributed by atoms with Gasteiger partial charge in [-0.2, -0.15) is 0 Å². The second-order valence-corrected chi connectivity index (χ2v) is 10.1. The maximum absolute atomic E-state index is 13.3. The number of hydrogen-bond donors (Lipinski definition) is 2. The summed E-state index contributed by atoms with van der Waals surface area (Å²) in [6.45, 7) is 2.79. The first-order chi connectivity index (χ1) is 14.4. The lowest BCUT2D eigenvalue weighted by Gasteiger charge is -2.40. The molecule has 2 N–H and O–H groups in total. The number of rotatable bonds is 7. The van der Waals surface area contributed by atoms with Crippen LogP contribution in [0.4, 0.5) is 0 Å². The normalized spacial score (nSPS) is 19.9. The number of aromatic nitrogens is 1. The van der Waals surface area contributed by atoms with E-state index in [2.05, 4.69) is 4.98 Å². The van der Waals surface area contributed by atoms with Gasteiger partial charge in [0.2, 0.25) is 10.0 Å². The van der Waals surface area contributed by atoms with Gasteiger partial charge in [-0.1, -0.05) is 6.92 Å². The SMILES string of the molecule is CCCC(=O)c1ccc(C2CCN(S(=O)(=O)C3(C(=O)NO)CCOCC3)CC2)nc1.Cl. The maximum Gasteiger partial charge on any atom is 0.266 e. The van der Waals surface area contributed by atoms with E-state index in [-0.39, 0.29) is 63.3 Å². The summed E-state index contributed by atoms with van der Waals surface area (Å²) in [6, 6.07) is 3.63. The van der Waals surface area contributed by atoms with E-state index in [1.165, 1.54) is 4.31 Å². The molecule has 1 aromatic rings. The van der Waals surface area contributed by atoms with E-state index < -0.39 is 20.7 Å². The molecule has 0 aromatic carbocycles. The summed E-state index contributed by atoms with van der Waals surface area (Å²) in [5, 5.41) is 9.14. The molecule has 3 heterocycles. The largest absolute Gasteiger partial charge is 0.381 e. The highest BCUT2D eigenvalue weighted by molar-refractivity contribution is 7.91. The Bertz CT molecular complexity index is 863. The molecule has 1 aromatic heterocycles. The smallest absolute Gasteiger partial charge is 0.266 e. The highest BCUT2D eigenvalue weighted by Crippen LogP contribution is 2.36. The van der Waals surface area contributed by atoms with Crippen molar-refractivity contribution in [1.82, 2.24) is 14.8 Å². The molecule has 11 heteroatoms. The number of carbonyl (C=O) groups is 2. The first-order valence-corrected chi connectivity index (χ1v) is 11.8. The van der Waals surface area contributed by atoms with Gasteiger partial charge in [-0.15, -0.1) is 12.4 Å². The highest BCUT2D eigenvalue weighted by Gasteiger charge is 2.54. The van der Waals surface area contributed by atoms with Crippen molar-refractivity contribution < 1.29 is 28.0 Å². The lowest BCUT2D eigenvalue weighted by Crippen LogP contribution is -2.60. The van der Waals surface area contributed by atoms with Crippen LogP contribution >= 0.6 is 12.4 Å². The molecule has 0 unspecified atom stereocenters. The number of nitrogens with zero attached hydrogens (tertiary/aromatic N) is 2. The molecule has 2 saturated heterocycles. The molecule has 3 rings (SSSR count). The number of hydroxylamine groups is 1. The molecule has 1 amide bonds. The number of halogens is 1. The van der Waals surface area contributed by atoms with Gasteiger partial charge in [0, 0.05) is 68.9 Å². The van der Waals surface area contributed by atoms with Crippen molar-refractivity contribution >= 4 is 34.1 Å². The van der Waals surface area contributed by atoms with Crippen molar-refractivity contribution in [1.29, 1.82) is 0 Å². The van der Waals surface area contributed by atoms with E-state index in [1.807, 2.05) is 13.0 Å². The van der Waals surface area contributed by atoms with Crippen molar-refractivity contribution in [2.75, 3.05) is 26.3 Å². The monoisotopic (exact) mass is 475 g/mol. The van der Waals surface area contributed by atoms with Gasteiger partial charge in [-0.25, -0.2) is 18.2 Å². The fourth-order valence-corrected chi connectivity index (χ4v) is 6.38. The molecule has 0 atom stereocenters. The quantitative estimate of drug-likeness (QED) is 0.351. The molecule has 0 aliphatic carbocycles. The summed E-state index contributed by atoms with van der Waals surface area (Å²) < 4.78 is 31.6. The van der Waals surface area contributed by atoms with Crippen molar-refractivity contribution in [3.63, 3.8) is 0 Å². The zero-order valence-corrected chi connectivity index (χ0v) is 19.2. The van der Waals surface area contributed by atoms with Crippen LogP contribution in [-0.2, 0) is 19.6 Å². The Morgan fingerprint density at radius 1 is 1.26 bits per heavy atom. The topological polar surface area (TPSA) is 126 Å². The lowest BCUT2D eigenvalue weighted by atomic mass is 9.93. The number of Topliss-reactive ketones (excluding diaryl/α,β-unsaturated/α-hetero) is 1. The van der Waals surface area contributed by atoms with Gasteiger partial charge in [-0.3, -0.25) is 19.8 Å². The van der Waals surface area contributed by atoms with Gasteiger partial charge < -0.3 is 4.74 Å². The van der Waals surface area contributed by atoms with Crippen molar-refractivity contribution in [3.05, 3.63) is 29.6 Å². The van der Waals surface area contributed by atoms with Crippen LogP contribution in [0.3, 0.4) is 0 Å². The minimum absolute atomic E-state index is 0. The predicted molar refractivity (Wildman–Crippen MR) is 116 cm³/mol. The van der Waals surface area contributed by atoms with E-state index in [4.69, 9.17) is 9.94 Å². The maximum atomic E-state index is 13.3. The van der Waals surface area contributed by atoms with E-state index in [9.17, 15) is 18.0 Å². The van der Waals surface area contributed by atoms with Gasteiger partial charge in [0.25, 0.3) is 5.91 Å². The third-order valence-corrected chi connectivity index (χ3v) is 8.73. The summed E-state index contributed by atoms with van der Waals surface area (Å²) in [5.74, 6) is -0.743. The van der Waals surface area contributed by atoms with E-state index >= 15 is 0 Å². The standard InChI is InChI=1S/C20H29N3O6S.ClH/c1-2-3-18(24)16-4-5-17(21-14-16)15-6-10-23(11-7-15)30(27,28)20(19(25)22-26)8-12-29-13-9-20;/h4-5,14-15,26H,2-3,6-13H2,1H3,(H,22,25);1H. The van der Waals surface area contributed by atoms with Gasteiger partial charge in [0.05, 0.1) is 0 Å². The number of hydrogen-bond acceptors (Lipinski definition) is 7. The average molecular weight is 476 g/mol. The third kappa shape index (κ3) is 5.09. The summed E-state index contributed by atoms with van der Waals surface area (Å²) in [6.07, 6.45) is 4.04. The number of piperidine rings is 1. The van der Waals surface area contributed by atoms with E-state index in [1.54, 1.807) is 17.7 Å². The molecule has 2 fully saturated rings. The zero-order chi connectivity index (χ0) is 21.8. The minimum atomic E-state index is -3.97. The van der Waals surface area contributed by atoms with Gasteiger partial charge >= 0.3 is 0 Å². The molecule has 2 aliphatic rings. The average Bonchev–Trinajstić information content (AvgIpc) is 2.79. The molecular weight excluding hydrogens is 446 g/mol. The van der Waals surface area contributed by atoms with Crippen molar-refractivity contribution in [2.45, 2.75) is 56.1 Å². The number of nitrogens with one attached hydrogen (secondary N) is 1. The fourth-order valence-electron chi connectivity index (χ4n) is 4.23. The fraction of sp³-hybridized carbons (Fsp3) is 0.650. The van der Waals surface area contributed by atoms with Crippen LogP contribution < -0.4 is 5.48 Å². The van der Waals surface area contributed by atoms with Gasteiger partial charge in [-0.05, 0) is 31.4 Å². The van der Waals surface area contributed by atoms with Crippen LogP contribution in [0, 0.1) is 0 Å². The second-order valence-electron chi connectivity index (χ2n) is 7.87. The Hall–Kier alpha value is -1.59. The number of carbonyl (C=O) groups excluding carboxylic acids is 2. The van der Waals surface area contributed by atoms with Crippen LogP contribution in [0.5, 0.6) is 0 Å². The number of pyridine rings is 1. The molecule has 0 spiro atoms. The van der Waals surface area contributed by atoms with Crippen LogP contribution in [0.25, 0.3) is 0 Å². The first kappa shape index (κ1) is 25.7. The third-order valence-electron chi connectivity index (χ3n) is 6.11. The molecule has 174 valence electrons. The second kappa shape index (κ2) is 10.8. The Balaban J connectivity index is 0.00000341.